The van der Waals surface area contributed by atoms with Crippen LogP contribution in [-0.4, -0.2) is 4.98 Å². The number of rotatable bonds is 1. The van der Waals surface area contributed by atoms with Crippen LogP contribution in [0.15, 0.2) is 34.7 Å². The van der Waals surface area contributed by atoms with E-state index in [1.54, 1.807) is 6.07 Å². The Morgan fingerprint density at radius 2 is 1.89 bits per heavy atom. The van der Waals surface area contributed by atoms with Gasteiger partial charge in [0.05, 0.1) is 5.56 Å². The number of nitrogen functional groups attached to an aromatic ring is 1. The van der Waals surface area contributed by atoms with E-state index >= 15 is 0 Å². The van der Waals surface area contributed by atoms with Crippen molar-refractivity contribution in [3.8, 4) is 11.5 Å². The van der Waals surface area contributed by atoms with Crippen LogP contribution in [0.5, 0.6) is 0 Å². The summed E-state index contributed by atoms with van der Waals surface area (Å²) >= 11 is 0. The van der Waals surface area contributed by atoms with Gasteiger partial charge in [0.1, 0.15) is 5.52 Å². The number of hydrogen-bond acceptors (Lipinski definition) is 3. The molecule has 3 nitrogen and oxygen atoms in total. The van der Waals surface area contributed by atoms with Crippen LogP contribution < -0.4 is 5.73 Å². The summed E-state index contributed by atoms with van der Waals surface area (Å²) in [6, 6.07) is 7.40. The second-order valence-electron chi connectivity index (χ2n) is 4.29. The number of fused-ring (bicyclic) bond motifs is 1. The van der Waals surface area contributed by atoms with Gasteiger partial charge >= 0.3 is 0 Å². The monoisotopic (exact) mass is 260 g/mol. The average Bonchev–Trinajstić information content (AvgIpc) is 2.79. The fourth-order valence-electron chi connectivity index (χ4n) is 1.95. The number of oxazole rings is 1. The first-order valence-corrected chi connectivity index (χ1v) is 5.67. The van der Waals surface area contributed by atoms with Gasteiger partial charge < -0.3 is 10.2 Å². The zero-order valence-corrected chi connectivity index (χ0v) is 10.1. The molecule has 3 rings (SSSR count). The summed E-state index contributed by atoms with van der Waals surface area (Å²) < 4.78 is 31.8. The molecule has 0 fully saturated rings. The molecule has 96 valence electrons. The predicted molar refractivity (Wildman–Crippen MR) is 68.5 cm³/mol. The lowest BCUT2D eigenvalue weighted by molar-refractivity contribution is 0.508. The van der Waals surface area contributed by atoms with Crippen molar-refractivity contribution in [3.63, 3.8) is 0 Å². The molecular weight excluding hydrogens is 250 g/mol. The minimum atomic E-state index is -0.992. The Hall–Kier alpha value is -2.43. The molecule has 0 saturated carbocycles. The van der Waals surface area contributed by atoms with Crippen LogP contribution in [-0.2, 0) is 0 Å². The molecule has 2 aromatic carbocycles. The van der Waals surface area contributed by atoms with E-state index in [4.69, 9.17) is 10.2 Å². The van der Waals surface area contributed by atoms with E-state index in [-0.39, 0.29) is 17.1 Å². The Labute approximate surface area is 107 Å². The minimum absolute atomic E-state index is 0.0862. The maximum absolute atomic E-state index is 13.3. The standard InChI is InChI=1S/C14H10F2N2O/c1-7-3-2-4-12-13(7)18-14(19-12)8-5-9(15)10(16)6-11(8)17/h2-6H,17H2,1H3. The highest BCUT2D eigenvalue weighted by Crippen LogP contribution is 2.31. The first-order chi connectivity index (χ1) is 9.06. The van der Waals surface area contributed by atoms with E-state index in [2.05, 4.69) is 4.98 Å². The zero-order valence-electron chi connectivity index (χ0n) is 10.1. The third-order valence-corrected chi connectivity index (χ3v) is 2.94. The molecule has 19 heavy (non-hydrogen) atoms. The highest BCUT2D eigenvalue weighted by molar-refractivity contribution is 5.81. The molecule has 0 aliphatic carbocycles. The summed E-state index contributed by atoms with van der Waals surface area (Å²) in [5.41, 5.74) is 8.21. The Bertz CT molecular complexity index is 780. The van der Waals surface area contributed by atoms with E-state index in [0.717, 1.165) is 17.7 Å². The van der Waals surface area contributed by atoms with Gasteiger partial charge in [0.25, 0.3) is 0 Å². The van der Waals surface area contributed by atoms with Crippen LogP contribution in [0.1, 0.15) is 5.56 Å². The molecule has 0 spiro atoms. The summed E-state index contributed by atoms with van der Waals surface area (Å²) in [5, 5.41) is 0. The second kappa shape index (κ2) is 4.05. The molecule has 0 bridgehead atoms. The van der Waals surface area contributed by atoms with Crippen molar-refractivity contribution in [1.29, 1.82) is 0 Å². The quantitative estimate of drug-likeness (QED) is 0.679. The summed E-state index contributed by atoms with van der Waals surface area (Å²) in [5.74, 6) is -1.79. The second-order valence-corrected chi connectivity index (χ2v) is 4.29. The van der Waals surface area contributed by atoms with Crippen LogP contribution in [0.2, 0.25) is 0 Å². The number of aromatic nitrogens is 1. The van der Waals surface area contributed by atoms with Gasteiger partial charge in [0, 0.05) is 11.8 Å². The third kappa shape index (κ3) is 1.83. The van der Waals surface area contributed by atoms with Gasteiger partial charge in [-0.3, -0.25) is 0 Å². The predicted octanol–water partition coefficient (Wildman–Crippen LogP) is 3.66. The van der Waals surface area contributed by atoms with E-state index < -0.39 is 11.6 Å². The van der Waals surface area contributed by atoms with Crippen molar-refractivity contribution < 1.29 is 13.2 Å². The number of hydrogen-bond donors (Lipinski definition) is 1. The van der Waals surface area contributed by atoms with Crippen molar-refractivity contribution in [2.45, 2.75) is 6.92 Å². The van der Waals surface area contributed by atoms with E-state index in [0.29, 0.717) is 11.1 Å². The van der Waals surface area contributed by atoms with Gasteiger partial charge in [-0.05, 0) is 24.6 Å². The minimum Gasteiger partial charge on any atom is -0.436 e. The molecule has 1 aromatic heterocycles. The molecule has 0 unspecified atom stereocenters. The van der Waals surface area contributed by atoms with Crippen molar-refractivity contribution in [1.82, 2.24) is 4.98 Å². The van der Waals surface area contributed by atoms with Crippen LogP contribution in [0.4, 0.5) is 14.5 Å². The van der Waals surface area contributed by atoms with Crippen LogP contribution >= 0.6 is 0 Å². The van der Waals surface area contributed by atoms with Crippen LogP contribution in [0.25, 0.3) is 22.6 Å². The van der Waals surface area contributed by atoms with Crippen molar-refractivity contribution in [2.75, 3.05) is 5.73 Å². The molecule has 0 radical (unpaired) electrons. The SMILES string of the molecule is Cc1cccc2oc(-c3cc(F)c(F)cc3N)nc12. The fraction of sp³-hybridized carbons (Fsp3) is 0.0714. The Balaban J connectivity index is 2.25. The Morgan fingerprint density at radius 1 is 1.16 bits per heavy atom. The lowest BCUT2D eigenvalue weighted by Crippen LogP contribution is -1.94. The lowest BCUT2D eigenvalue weighted by Gasteiger charge is -2.02. The first-order valence-electron chi connectivity index (χ1n) is 5.67. The number of para-hydroxylation sites is 1. The number of benzene rings is 2. The number of nitrogens with two attached hydrogens (primary N) is 1. The molecular formula is C14H10F2N2O. The smallest absolute Gasteiger partial charge is 0.229 e. The number of nitrogens with zero attached hydrogens (tertiary/aromatic N) is 1. The van der Waals surface area contributed by atoms with Crippen molar-refractivity contribution >= 4 is 16.8 Å². The summed E-state index contributed by atoms with van der Waals surface area (Å²) in [6.45, 7) is 1.89. The molecule has 0 aliphatic rings. The van der Waals surface area contributed by atoms with Gasteiger partial charge in [0.15, 0.2) is 17.2 Å². The van der Waals surface area contributed by atoms with Crippen LogP contribution in [0.3, 0.4) is 0 Å². The molecule has 5 heteroatoms. The van der Waals surface area contributed by atoms with Crippen molar-refractivity contribution in [3.05, 3.63) is 47.5 Å². The van der Waals surface area contributed by atoms with Gasteiger partial charge in [0.2, 0.25) is 5.89 Å². The maximum Gasteiger partial charge on any atom is 0.229 e. The highest BCUT2D eigenvalue weighted by Gasteiger charge is 2.15. The molecule has 1 heterocycles. The van der Waals surface area contributed by atoms with Gasteiger partial charge in [-0.25, -0.2) is 13.8 Å². The fourth-order valence-corrected chi connectivity index (χ4v) is 1.95. The molecule has 0 saturated heterocycles. The lowest BCUT2D eigenvalue weighted by atomic mass is 10.1. The Kier molecular flexibility index (Phi) is 2.48. The van der Waals surface area contributed by atoms with Crippen molar-refractivity contribution in [2.24, 2.45) is 0 Å². The molecule has 0 atom stereocenters. The summed E-state index contributed by atoms with van der Waals surface area (Å²) in [7, 11) is 0. The number of anilines is 1. The molecule has 3 aromatic rings. The van der Waals surface area contributed by atoms with E-state index in [1.165, 1.54) is 0 Å². The summed E-state index contributed by atoms with van der Waals surface area (Å²) in [6.07, 6.45) is 0. The van der Waals surface area contributed by atoms with Gasteiger partial charge in [-0.2, -0.15) is 0 Å². The molecule has 2 N–H and O–H groups in total. The summed E-state index contributed by atoms with van der Waals surface area (Å²) in [4.78, 5) is 4.28. The third-order valence-electron chi connectivity index (χ3n) is 2.94. The largest absolute Gasteiger partial charge is 0.436 e. The Morgan fingerprint density at radius 3 is 2.63 bits per heavy atom. The highest BCUT2D eigenvalue weighted by atomic mass is 19.2. The average molecular weight is 260 g/mol. The molecule has 0 amide bonds. The molecule has 0 aliphatic heterocycles. The first kappa shape index (κ1) is 11.6. The normalized spacial score (nSPS) is 11.1. The van der Waals surface area contributed by atoms with E-state index in [9.17, 15) is 8.78 Å². The number of aryl methyl sites for hydroxylation is 1. The zero-order chi connectivity index (χ0) is 13.6. The van der Waals surface area contributed by atoms with E-state index in [1.807, 2.05) is 19.1 Å². The number of halogens is 2. The topological polar surface area (TPSA) is 52.0 Å². The van der Waals surface area contributed by atoms with Gasteiger partial charge in [-0.15, -0.1) is 0 Å². The maximum atomic E-state index is 13.3. The van der Waals surface area contributed by atoms with Gasteiger partial charge in [-0.1, -0.05) is 12.1 Å². The van der Waals surface area contributed by atoms with Crippen LogP contribution in [0, 0.1) is 18.6 Å².